The first-order valence-corrected chi connectivity index (χ1v) is 29.5. The van der Waals surface area contributed by atoms with E-state index >= 15 is 0 Å². The second-order valence-electron chi connectivity index (χ2n) is 24.2. The molecule has 6 aliphatic rings. The lowest BCUT2D eigenvalue weighted by atomic mass is 9.93. The van der Waals surface area contributed by atoms with E-state index in [-0.39, 0.29) is 36.9 Å². The molecule has 6 heterocycles. The Kier molecular flexibility index (Phi) is 18.0. The number of ether oxygens (including phenoxy) is 6. The van der Waals surface area contributed by atoms with Crippen LogP contribution in [-0.2, 0) is 29.9 Å². The minimum Gasteiger partial charge on any atom is -0.454 e. The zero-order valence-corrected chi connectivity index (χ0v) is 49.9. The summed E-state index contributed by atoms with van der Waals surface area (Å²) in [6.07, 6.45) is 6.50. The molecule has 4 aromatic carbocycles. The standard InChI is InChI=1S/C29H33N3O5.C18H25N3O2.C11H9ClO3.C6H15N/c1-28(2,3)37-27(34)32-12-8-18(9-13-32)23-15-19-14-21(5-6-22(19)31-23)30-26(33)29(10-11-29)20-4-7-24-25(16-20)36-17-35-24;1-18(2,3)23-17(22)21-8-6-12(7-9-21)16-11-13-10-14(19)4-5-15(13)20-16;12-10(13)11(3-4-11)7-1-2-8-9(5-7)15-6-14-8;1-4-7(5-2)6-3/h4-7,14-16,18,31H,8-13,17H2,1-3H3,(H,30,33);4-5,10-12,20H,6-9,19H2,1-3H3;1-2,5H,3-4,6H2;4-6H2,1-3H3. The SMILES string of the molecule is CC(C)(C)OC(=O)N1CCC(c2cc3cc(N)ccc3[nH]2)CC1.CC(C)(C)OC(=O)N1CCC(c2cc3cc(NC(=O)C4(c5ccc6c(c5)OCO6)CC4)ccc3[nH]2)CC1.CCN(CC)CC.O=C(Cl)C1(c2ccc3c(c2)OCO3)CC1. The number of rotatable bonds is 10. The van der Waals surface area contributed by atoms with Crippen molar-refractivity contribution in [2.45, 2.75) is 148 Å². The summed E-state index contributed by atoms with van der Waals surface area (Å²) in [5.41, 5.74) is 12.0. The number of piperidine rings is 2. The number of amides is 3. The largest absolute Gasteiger partial charge is 0.454 e. The van der Waals surface area contributed by atoms with Gasteiger partial charge in [0, 0.05) is 82.6 Å². The van der Waals surface area contributed by atoms with Crippen molar-refractivity contribution in [1.29, 1.82) is 0 Å². The first-order valence-electron chi connectivity index (χ1n) is 29.1. The number of halogens is 1. The Bertz CT molecular complexity index is 3230. The molecule has 6 aromatic rings. The average molecular weight is 1140 g/mol. The van der Waals surface area contributed by atoms with Gasteiger partial charge in [0.05, 0.1) is 10.8 Å². The lowest BCUT2D eigenvalue weighted by Gasteiger charge is -2.33. The highest BCUT2D eigenvalue weighted by Crippen LogP contribution is 2.53. The van der Waals surface area contributed by atoms with E-state index in [0.717, 1.165) is 120 Å². The van der Waals surface area contributed by atoms with Gasteiger partial charge in [0.25, 0.3) is 0 Å². The molecule has 4 aliphatic heterocycles. The number of aromatic nitrogens is 2. The van der Waals surface area contributed by atoms with Crippen molar-refractivity contribution in [3.8, 4) is 23.0 Å². The average Bonchev–Trinajstić information content (AvgIpc) is 4.27. The molecule has 4 fully saturated rings. The van der Waals surface area contributed by atoms with Crippen LogP contribution in [0.1, 0.15) is 148 Å². The highest BCUT2D eigenvalue weighted by Gasteiger charge is 2.52. The number of nitrogens with one attached hydrogen (secondary N) is 3. The summed E-state index contributed by atoms with van der Waals surface area (Å²) in [4.78, 5) is 62.2. The van der Waals surface area contributed by atoms with Gasteiger partial charge in [-0.1, -0.05) is 32.9 Å². The van der Waals surface area contributed by atoms with Gasteiger partial charge in [0.15, 0.2) is 23.0 Å². The number of nitrogens with zero attached hydrogens (tertiary/aromatic N) is 3. The van der Waals surface area contributed by atoms with Gasteiger partial charge in [-0.2, -0.15) is 0 Å². The van der Waals surface area contributed by atoms with Crippen LogP contribution in [0.15, 0.2) is 84.9 Å². The minimum absolute atomic E-state index is 0.0102. The first kappa shape index (κ1) is 59.5. The van der Waals surface area contributed by atoms with E-state index < -0.39 is 22.0 Å². The number of carbonyl (C=O) groups excluding carboxylic acids is 4. The van der Waals surface area contributed by atoms with E-state index in [2.05, 4.69) is 53.1 Å². The molecule has 2 aliphatic carbocycles. The highest BCUT2D eigenvalue weighted by molar-refractivity contribution is 6.66. The third kappa shape index (κ3) is 14.2. The number of nitrogens with two attached hydrogens (primary N) is 1. The topological polar surface area (TPSA) is 203 Å². The molecule has 0 radical (unpaired) electrons. The van der Waals surface area contributed by atoms with Crippen LogP contribution in [0.25, 0.3) is 21.8 Å². The number of nitrogen functional groups attached to an aromatic ring is 1. The molecule has 2 saturated heterocycles. The Hall–Kier alpha value is -7.11. The maximum absolute atomic E-state index is 13.3. The van der Waals surface area contributed by atoms with Crippen LogP contribution in [0, 0.1) is 0 Å². The van der Waals surface area contributed by atoms with Crippen LogP contribution < -0.4 is 30.0 Å². The summed E-state index contributed by atoms with van der Waals surface area (Å²) in [6.45, 7) is 24.8. The second-order valence-corrected chi connectivity index (χ2v) is 24.6. The van der Waals surface area contributed by atoms with Crippen molar-refractivity contribution in [2.24, 2.45) is 0 Å². The summed E-state index contributed by atoms with van der Waals surface area (Å²) in [5.74, 6) is 3.68. The van der Waals surface area contributed by atoms with E-state index in [1.54, 1.807) is 4.90 Å². The molecular weight excluding hydrogens is 1060 g/mol. The van der Waals surface area contributed by atoms with Gasteiger partial charge < -0.3 is 64.1 Å². The normalized spacial score (nSPS) is 17.6. The van der Waals surface area contributed by atoms with Gasteiger partial charge in [-0.15, -0.1) is 0 Å². The van der Waals surface area contributed by atoms with Crippen LogP contribution in [0.2, 0.25) is 0 Å². The van der Waals surface area contributed by atoms with E-state index in [4.69, 9.17) is 45.8 Å². The number of anilines is 2. The minimum atomic E-state index is -0.513. The van der Waals surface area contributed by atoms with Crippen LogP contribution in [0.4, 0.5) is 21.0 Å². The summed E-state index contributed by atoms with van der Waals surface area (Å²) >= 11 is 5.61. The van der Waals surface area contributed by atoms with Crippen molar-refractivity contribution in [3.63, 3.8) is 0 Å². The maximum atomic E-state index is 13.3. The monoisotopic (exact) mass is 1140 g/mol. The molecule has 0 bridgehead atoms. The van der Waals surface area contributed by atoms with E-state index in [0.29, 0.717) is 36.4 Å². The first-order chi connectivity index (χ1) is 39.1. The van der Waals surface area contributed by atoms with Gasteiger partial charge in [0.2, 0.25) is 24.7 Å². The molecule has 12 rings (SSSR count). The number of fused-ring (bicyclic) bond motifs is 4. The molecule has 18 heteroatoms. The molecule has 0 atom stereocenters. The third-order valence-electron chi connectivity index (χ3n) is 16.2. The number of likely N-dealkylation sites (tertiary alicyclic amines) is 2. The Balaban J connectivity index is 0.000000152. The summed E-state index contributed by atoms with van der Waals surface area (Å²) in [7, 11) is 0. The van der Waals surface area contributed by atoms with Crippen LogP contribution in [0.3, 0.4) is 0 Å². The van der Waals surface area contributed by atoms with E-state index in [1.165, 1.54) is 31.0 Å². The fraction of sp³-hybridized carbons (Fsp3) is 0.500. The molecule has 3 amide bonds. The maximum Gasteiger partial charge on any atom is 0.410 e. The van der Waals surface area contributed by atoms with Crippen molar-refractivity contribution >= 4 is 68.1 Å². The van der Waals surface area contributed by atoms with Gasteiger partial charge in [-0.3, -0.25) is 9.59 Å². The zero-order valence-electron chi connectivity index (χ0n) is 49.1. The molecule has 0 unspecified atom stereocenters. The van der Waals surface area contributed by atoms with Crippen LogP contribution in [-0.4, -0.2) is 119 Å². The molecule has 2 saturated carbocycles. The molecule has 5 N–H and O–H groups in total. The predicted octanol–water partition coefficient (Wildman–Crippen LogP) is 13.1. The van der Waals surface area contributed by atoms with Gasteiger partial charge in [0.1, 0.15) is 11.2 Å². The predicted molar refractivity (Wildman–Crippen MR) is 320 cm³/mol. The Morgan fingerprint density at radius 1 is 0.598 bits per heavy atom. The van der Waals surface area contributed by atoms with Crippen molar-refractivity contribution in [2.75, 3.05) is 70.4 Å². The van der Waals surface area contributed by atoms with Crippen LogP contribution >= 0.6 is 11.6 Å². The molecular formula is C64H82ClN7O10. The Morgan fingerprint density at radius 3 is 1.44 bits per heavy atom. The van der Waals surface area contributed by atoms with E-state index in [9.17, 15) is 19.2 Å². The van der Waals surface area contributed by atoms with Crippen molar-refractivity contribution in [1.82, 2.24) is 24.7 Å². The molecule has 82 heavy (non-hydrogen) atoms. The molecule has 0 spiro atoms. The lowest BCUT2D eigenvalue weighted by molar-refractivity contribution is -0.118. The highest BCUT2D eigenvalue weighted by atomic mass is 35.5. The number of aromatic amines is 2. The summed E-state index contributed by atoms with van der Waals surface area (Å²) in [5, 5.41) is 5.08. The number of hydrogen-bond donors (Lipinski definition) is 4. The van der Waals surface area contributed by atoms with Crippen molar-refractivity contribution < 1.29 is 47.6 Å². The summed E-state index contributed by atoms with van der Waals surface area (Å²) in [6, 6.07) is 27.6. The number of benzene rings is 4. The second kappa shape index (κ2) is 24.8. The summed E-state index contributed by atoms with van der Waals surface area (Å²) < 4.78 is 32.4. The van der Waals surface area contributed by atoms with Crippen LogP contribution in [0.5, 0.6) is 23.0 Å². The smallest absolute Gasteiger partial charge is 0.410 e. The van der Waals surface area contributed by atoms with Gasteiger partial charge in [-0.05, 0) is 208 Å². The fourth-order valence-corrected chi connectivity index (χ4v) is 11.3. The van der Waals surface area contributed by atoms with E-state index in [1.807, 2.05) is 119 Å². The molecule has 440 valence electrons. The molecule has 17 nitrogen and oxygen atoms in total. The molecule has 2 aromatic heterocycles. The Labute approximate surface area is 486 Å². The fourth-order valence-electron chi connectivity index (χ4n) is 11.1. The van der Waals surface area contributed by atoms with Crippen molar-refractivity contribution in [3.05, 3.63) is 107 Å². The third-order valence-corrected chi connectivity index (χ3v) is 16.6. The number of H-pyrrole nitrogens is 2. The van der Waals surface area contributed by atoms with Gasteiger partial charge in [-0.25, -0.2) is 9.59 Å². The number of hydrogen-bond acceptors (Lipinski definition) is 12. The quantitative estimate of drug-likeness (QED) is 0.0748. The zero-order chi connectivity index (χ0) is 58.6. The Morgan fingerprint density at radius 2 is 1.02 bits per heavy atom. The number of carbonyl (C=O) groups is 4. The van der Waals surface area contributed by atoms with Gasteiger partial charge >= 0.3 is 12.2 Å². The lowest BCUT2D eigenvalue weighted by Crippen LogP contribution is -2.41.